The molecule has 3 rings (SSSR count). The molecule has 1 fully saturated rings. The molecule has 2 unspecified atom stereocenters. The molecule has 1 N–H and O–H groups in total. The molecular formula is C16H18N2O3. The fourth-order valence-electron chi connectivity index (χ4n) is 2.95. The second kappa shape index (κ2) is 5.24. The Hall–Kier alpha value is -2.30. The number of para-hydroxylation sites is 1. The van der Waals surface area contributed by atoms with Crippen LogP contribution >= 0.6 is 0 Å². The van der Waals surface area contributed by atoms with Crippen molar-refractivity contribution < 1.29 is 14.3 Å². The number of nitrogens with one attached hydrogen (secondary N) is 1. The lowest BCUT2D eigenvalue weighted by molar-refractivity contribution is -0.146. The fraction of sp³-hybridized carbons (Fsp3) is 0.375. The SMILES string of the molecule is COC(=O)C1CN(C(=O)c2cc3ccccc3[nH]2)CC1C. The number of rotatable bonds is 2. The Morgan fingerprint density at radius 2 is 2.05 bits per heavy atom. The number of esters is 1. The first-order chi connectivity index (χ1) is 10.1. The number of methoxy groups -OCH3 is 1. The molecule has 0 aliphatic carbocycles. The summed E-state index contributed by atoms with van der Waals surface area (Å²) in [4.78, 5) is 29.1. The summed E-state index contributed by atoms with van der Waals surface area (Å²) in [6.45, 7) is 2.97. The Morgan fingerprint density at radius 3 is 2.76 bits per heavy atom. The van der Waals surface area contributed by atoms with Crippen molar-refractivity contribution >= 4 is 22.8 Å². The van der Waals surface area contributed by atoms with Crippen LogP contribution in [0.3, 0.4) is 0 Å². The van der Waals surface area contributed by atoms with E-state index in [4.69, 9.17) is 4.74 Å². The van der Waals surface area contributed by atoms with Crippen molar-refractivity contribution in [3.8, 4) is 0 Å². The minimum atomic E-state index is -0.241. The molecule has 1 aromatic carbocycles. The average Bonchev–Trinajstić information content (AvgIpc) is 3.09. The molecule has 0 radical (unpaired) electrons. The van der Waals surface area contributed by atoms with E-state index >= 15 is 0 Å². The van der Waals surface area contributed by atoms with Crippen LogP contribution in [0.1, 0.15) is 17.4 Å². The zero-order valence-electron chi connectivity index (χ0n) is 12.1. The van der Waals surface area contributed by atoms with E-state index in [0.717, 1.165) is 10.9 Å². The summed E-state index contributed by atoms with van der Waals surface area (Å²) >= 11 is 0. The highest BCUT2D eigenvalue weighted by atomic mass is 16.5. The largest absolute Gasteiger partial charge is 0.469 e. The highest BCUT2D eigenvalue weighted by Gasteiger charge is 2.38. The molecule has 21 heavy (non-hydrogen) atoms. The Kier molecular flexibility index (Phi) is 3.41. The van der Waals surface area contributed by atoms with Crippen molar-refractivity contribution in [2.45, 2.75) is 6.92 Å². The third kappa shape index (κ3) is 2.39. The van der Waals surface area contributed by atoms with Gasteiger partial charge >= 0.3 is 5.97 Å². The Labute approximate surface area is 122 Å². The topological polar surface area (TPSA) is 62.4 Å². The number of amides is 1. The van der Waals surface area contributed by atoms with Crippen LogP contribution in [0.4, 0.5) is 0 Å². The molecule has 5 nitrogen and oxygen atoms in total. The van der Waals surface area contributed by atoms with Crippen LogP contribution in [0, 0.1) is 11.8 Å². The molecule has 110 valence electrons. The normalized spacial score (nSPS) is 21.7. The molecule has 1 amide bonds. The zero-order valence-corrected chi connectivity index (χ0v) is 12.1. The Morgan fingerprint density at radius 1 is 1.29 bits per heavy atom. The Balaban J connectivity index is 1.81. The summed E-state index contributed by atoms with van der Waals surface area (Å²) in [5.41, 5.74) is 1.51. The average molecular weight is 286 g/mol. The van der Waals surface area contributed by atoms with Gasteiger partial charge in [-0.05, 0) is 18.1 Å². The molecule has 2 heterocycles. The molecule has 2 atom stereocenters. The summed E-state index contributed by atoms with van der Waals surface area (Å²) < 4.78 is 4.80. The molecular weight excluding hydrogens is 268 g/mol. The molecule has 0 saturated carbocycles. The maximum absolute atomic E-state index is 12.6. The van der Waals surface area contributed by atoms with E-state index in [1.807, 2.05) is 37.3 Å². The first kappa shape index (κ1) is 13.7. The number of hydrogen-bond acceptors (Lipinski definition) is 3. The Bertz CT molecular complexity index is 659. The molecule has 5 heteroatoms. The van der Waals surface area contributed by atoms with Crippen molar-refractivity contribution in [1.82, 2.24) is 9.88 Å². The smallest absolute Gasteiger partial charge is 0.310 e. The van der Waals surface area contributed by atoms with Gasteiger partial charge in [0.05, 0.1) is 13.0 Å². The van der Waals surface area contributed by atoms with E-state index < -0.39 is 0 Å². The number of carbonyl (C=O) groups is 2. The molecule has 2 aromatic rings. The van der Waals surface area contributed by atoms with E-state index in [0.29, 0.717) is 18.8 Å². The minimum Gasteiger partial charge on any atom is -0.469 e. The molecule has 1 saturated heterocycles. The highest BCUT2D eigenvalue weighted by molar-refractivity contribution is 5.98. The van der Waals surface area contributed by atoms with Crippen molar-refractivity contribution in [1.29, 1.82) is 0 Å². The predicted octanol–water partition coefficient (Wildman–Crippen LogP) is 2.05. The van der Waals surface area contributed by atoms with Gasteiger partial charge in [0.2, 0.25) is 0 Å². The number of benzene rings is 1. The maximum atomic E-state index is 12.6. The lowest BCUT2D eigenvalue weighted by atomic mass is 9.99. The highest BCUT2D eigenvalue weighted by Crippen LogP contribution is 2.26. The standard InChI is InChI=1S/C16H18N2O3/c1-10-8-18(9-12(10)16(20)21-2)15(19)14-7-11-5-3-4-6-13(11)17-14/h3-7,10,12,17H,8-9H2,1-2H3. The lowest BCUT2D eigenvalue weighted by Crippen LogP contribution is -2.30. The first-order valence-corrected chi connectivity index (χ1v) is 7.05. The van der Waals surface area contributed by atoms with E-state index in [2.05, 4.69) is 4.98 Å². The number of H-pyrrole nitrogens is 1. The van der Waals surface area contributed by atoms with Gasteiger partial charge < -0.3 is 14.6 Å². The van der Waals surface area contributed by atoms with Crippen LogP contribution in [-0.4, -0.2) is 42.0 Å². The van der Waals surface area contributed by atoms with Gasteiger partial charge in [0.1, 0.15) is 5.69 Å². The van der Waals surface area contributed by atoms with E-state index in [9.17, 15) is 9.59 Å². The van der Waals surface area contributed by atoms with Crippen LogP contribution in [-0.2, 0) is 9.53 Å². The quantitative estimate of drug-likeness (QED) is 0.859. The number of fused-ring (bicyclic) bond motifs is 1. The molecule has 1 aromatic heterocycles. The van der Waals surface area contributed by atoms with Crippen LogP contribution in [0.25, 0.3) is 10.9 Å². The first-order valence-electron chi connectivity index (χ1n) is 7.05. The summed E-state index contributed by atoms with van der Waals surface area (Å²) in [6.07, 6.45) is 0. The third-order valence-corrected chi connectivity index (χ3v) is 4.16. The van der Waals surface area contributed by atoms with Gasteiger partial charge in [0.15, 0.2) is 0 Å². The van der Waals surface area contributed by atoms with E-state index in [-0.39, 0.29) is 23.7 Å². The summed E-state index contributed by atoms with van der Waals surface area (Å²) in [5.74, 6) is -0.423. The van der Waals surface area contributed by atoms with Crippen LogP contribution in [0.5, 0.6) is 0 Å². The van der Waals surface area contributed by atoms with Crippen LogP contribution in [0.15, 0.2) is 30.3 Å². The van der Waals surface area contributed by atoms with Crippen molar-refractivity contribution in [2.75, 3.05) is 20.2 Å². The van der Waals surface area contributed by atoms with Crippen LogP contribution in [0.2, 0.25) is 0 Å². The fourth-order valence-corrected chi connectivity index (χ4v) is 2.95. The van der Waals surface area contributed by atoms with Gasteiger partial charge in [-0.3, -0.25) is 9.59 Å². The van der Waals surface area contributed by atoms with Crippen molar-refractivity contribution in [3.05, 3.63) is 36.0 Å². The maximum Gasteiger partial charge on any atom is 0.310 e. The summed E-state index contributed by atoms with van der Waals surface area (Å²) in [7, 11) is 1.39. The molecule has 1 aliphatic heterocycles. The van der Waals surface area contributed by atoms with Crippen molar-refractivity contribution in [3.63, 3.8) is 0 Å². The second-order valence-electron chi connectivity index (χ2n) is 5.59. The second-order valence-corrected chi connectivity index (χ2v) is 5.59. The van der Waals surface area contributed by atoms with E-state index in [1.54, 1.807) is 4.90 Å². The number of ether oxygens (including phenoxy) is 1. The van der Waals surface area contributed by atoms with Gasteiger partial charge in [-0.15, -0.1) is 0 Å². The minimum absolute atomic E-state index is 0.0653. The monoisotopic (exact) mass is 286 g/mol. The zero-order chi connectivity index (χ0) is 15.0. The van der Waals surface area contributed by atoms with Gasteiger partial charge in [0.25, 0.3) is 5.91 Å². The number of carbonyl (C=O) groups excluding carboxylic acids is 2. The summed E-state index contributed by atoms with van der Waals surface area (Å²) in [5, 5.41) is 1.01. The predicted molar refractivity (Wildman–Crippen MR) is 78.9 cm³/mol. The van der Waals surface area contributed by atoms with E-state index in [1.165, 1.54) is 7.11 Å². The van der Waals surface area contributed by atoms with Crippen LogP contribution < -0.4 is 0 Å². The van der Waals surface area contributed by atoms with Gasteiger partial charge in [0, 0.05) is 24.0 Å². The number of aromatic amines is 1. The van der Waals surface area contributed by atoms with Gasteiger partial charge in [-0.2, -0.15) is 0 Å². The molecule has 0 bridgehead atoms. The summed E-state index contributed by atoms with van der Waals surface area (Å²) in [6, 6.07) is 9.63. The lowest BCUT2D eigenvalue weighted by Gasteiger charge is -2.14. The molecule has 0 spiro atoms. The number of aromatic nitrogens is 1. The number of likely N-dealkylation sites (tertiary alicyclic amines) is 1. The molecule has 1 aliphatic rings. The number of hydrogen-bond donors (Lipinski definition) is 1. The van der Waals surface area contributed by atoms with Crippen molar-refractivity contribution in [2.24, 2.45) is 11.8 Å². The third-order valence-electron chi connectivity index (χ3n) is 4.16. The van der Waals surface area contributed by atoms with Gasteiger partial charge in [-0.25, -0.2) is 0 Å². The van der Waals surface area contributed by atoms with Gasteiger partial charge in [-0.1, -0.05) is 25.1 Å². The number of nitrogens with zero attached hydrogens (tertiary/aromatic N) is 1.